The van der Waals surface area contributed by atoms with Crippen molar-refractivity contribution in [2.24, 2.45) is 0 Å². The number of methoxy groups -OCH3 is 1. The van der Waals surface area contributed by atoms with Gasteiger partial charge in [-0.15, -0.1) is 0 Å². The normalized spacial score (nSPS) is 10.5. The molecule has 1 N–H and O–H groups in total. The van der Waals surface area contributed by atoms with Crippen LogP contribution in [-0.4, -0.2) is 26.1 Å². The van der Waals surface area contributed by atoms with E-state index in [9.17, 15) is 4.79 Å². The lowest BCUT2D eigenvalue weighted by atomic mass is 10.2. The van der Waals surface area contributed by atoms with Gasteiger partial charge in [-0.1, -0.05) is 30.3 Å². The number of ether oxygens (including phenoxy) is 1. The standard InChI is InChI=1S/C20H26N2O2/c1-4-22(18-10-7-8-16(2)14-18)20(23)12-13-21-15-17-9-5-6-11-19(17)24-3/h5-11,14,21H,4,12-13,15H2,1-3H3. The van der Waals surface area contributed by atoms with Gasteiger partial charge in [0.2, 0.25) is 5.91 Å². The highest BCUT2D eigenvalue weighted by molar-refractivity contribution is 5.93. The summed E-state index contributed by atoms with van der Waals surface area (Å²) >= 11 is 0. The molecule has 0 aliphatic rings. The highest BCUT2D eigenvalue weighted by Gasteiger charge is 2.13. The monoisotopic (exact) mass is 326 g/mol. The van der Waals surface area contributed by atoms with Crippen LogP contribution >= 0.6 is 0 Å². The Balaban J connectivity index is 1.86. The van der Waals surface area contributed by atoms with Gasteiger partial charge in [-0.05, 0) is 37.6 Å². The summed E-state index contributed by atoms with van der Waals surface area (Å²) < 4.78 is 5.33. The Bertz CT molecular complexity index is 670. The van der Waals surface area contributed by atoms with Crippen LogP contribution in [-0.2, 0) is 11.3 Å². The minimum Gasteiger partial charge on any atom is -0.496 e. The van der Waals surface area contributed by atoms with E-state index in [-0.39, 0.29) is 5.91 Å². The van der Waals surface area contributed by atoms with Gasteiger partial charge in [0.1, 0.15) is 5.75 Å². The Morgan fingerprint density at radius 1 is 1.17 bits per heavy atom. The molecule has 0 aromatic heterocycles. The molecule has 0 aliphatic heterocycles. The molecule has 0 aliphatic carbocycles. The molecule has 0 unspecified atom stereocenters. The molecule has 128 valence electrons. The van der Waals surface area contributed by atoms with Crippen molar-refractivity contribution in [2.45, 2.75) is 26.8 Å². The molecule has 0 radical (unpaired) electrons. The maximum absolute atomic E-state index is 12.5. The topological polar surface area (TPSA) is 41.6 Å². The average Bonchev–Trinajstić information content (AvgIpc) is 2.60. The van der Waals surface area contributed by atoms with E-state index in [1.807, 2.05) is 67.3 Å². The molecular weight excluding hydrogens is 300 g/mol. The van der Waals surface area contributed by atoms with E-state index < -0.39 is 0 Å². The number of para-hydroxylation sites is 1. The number of anilines is 1. The number of nitrogens with zero attached hydrogens (tertiary/aromatic N) is 1. The van der Waals surface area contributed by atoms with Crippen molar-refractivity contribution in [1.82, 2.24) is 5.32 Å². The van der Waals surface area contributed by atoms with E-state index in [2.05, 4.69) is 5.32 Å². The summed E-state index contributed by atoms with van der Waals surface area (Å²) in [4.78, 5) is 14.3. The third-order valence-electron chi connectivity index (χ3n) is 3.95. The predicted octanol–water partition coefficient (Wildman–Crippen LogP) is 3.54. The van der Waals surface area contributed by atoms with Gasteiger partial charge in [0.25, 0.3) is 0 Å². The minimum absolute atomic E-state index is 0.135. The number of benzene rings is 2. The molecule has 1 amide bonds. The van der Waals surface area contributed by atoms with Crippen molar-refractivity contribution in [3.05, 3.63) is 59.7 Å². The van der Waals surface area contributed by atoms with Gasteiger partial charge >= 0.3 is 0 Å². The zero-order chi connectivity index (χ0) is 17.4. The zero-order valence-corrected chi connectivity index (χ0v) is 14.7. The molecule has 4 heteroatoms. The number of hydrogen-bond acceptors (Lipinski definition) is 3. The first-order chi connectivity index (χ1) is 11.7. The second-order valence-corrected chi connectivity index (χ2v) is 5.72. The lowest BCUT2D eigenvalue weighted by molar-refractivity contribution is -0.118. The van der Waals surface area contributed by atoms with E-state index in [0.717, 1.165) is 22.6 Å². The molecule has 0 spiro atoms. The van der Waals surface area contributed by atoms with Gasteiger partial charge < -0.3 is 15.0 Å². The first-order valence-electron chi connectivity index (χ1n) is 8.35. The number of carbonyl (C=O) groups is 1. The van der Waals surface area contributed by atoms with Crippen molar-refractivity contribution in [1.29, 1.82) is 0 Å². The van der Waals surface area contributed by atoms with Crippen LogP contribution in [0.2, 0.25) is 0 Å². The molecule has 24 heavy (non-hydrogen) atoms. The Morgan fingerprint density at radius 2 is 1.96 bits per heavy atom. The van der Waals surface area contributed by atoms with Gasteiger partial charge in [-0.25, -0.2) is 0 Å². The van der Waals surface area contributed by atoms with Gasteiger partial charge in [0, 0.05) is 37.3 Å². The van der Waals surface area contributed by atoms with Crippen molar-refractivity contribution >= 4 is 11.6 Å². The quantitative estimate of drug-likeness (QED) is 0.755. The fourth-order valence-electron chi connectivity index (χ4n) is 2.70. The molecule has 0 saturated heterocycles. The molecule has 0 saturated carbocycles. The van der Waals surface area contributed by atoms with E-state index in [1.54, 1.807) is 7.11 Å². The number of carbonyl (C=O) groups excluding carboxylic acids is 1. The van der Waals surface area contributed by atoms with Gasteiger partial charge in [0.05, 0.1) is 7.11 Å². The summed E-state index contributed by atoms with van der Waals surface area (Å²) in [6, 6.07) is 16.0. The summed E-state index contributed by atoms with van der Waals surface area (Å²) in [6.45, 7) is 6.04. The number of rotatable bonds is 8. The van der Waals surface area contributed by atoms with E-state index in [1.165, 1.54) is 0 Å². The summed E-state index contributed by atoms with van der Waals surface area (Å²) in [7, 11) is 1.67. The first-order valence-corrected chi connectivity index (χ1v) is 8.35. The minimum atomic E-state index is 0.135. The lowest BCUT2D eigenvalue weighted by Gasteiger charge is -2.21. The van der Waals surface area contributed by atoms with Crippen LogP contribution in [0.5, 0.6) is 5.75 Å². The number of hydrogen-bond donors (Lipinski definition) is 1. The molecule has 2 aromatic rings. The van der Waals surface area contributed by atoms with E-state index >= 15 is 0 Å². The Kier molecular flexibility index (Phi) is 6.82. The summed E-state index contributed by atoms with van der Waals surface area (Å²) in [5, 5.41) is 3.32. The van der Waals surface area contributed by atoms with Crippen LogP contribution in [0, 0.1) is 6.92 Å². The number of nitrogens with one attached hydrogen (secondary N) is 1. The van der Waals surface area contributed by atoms with Crippen LogP contribution in [0.3, 0.4) is 0 Å². The molecule has 2 rings (SSSR count). The van der Waals surface area contributed by atoms with Crippen LogP contribution < -0.4 is 15.0 Å². The highest BCUT2D eigenvalue weighted by atomic mass is 16.5. The Morgan fingerprint density at radius 3 is 2.67 bits per heavy atom. The van der Waals surface area contributed by atoms with Crippen molar-refractivity contribution in [2.75, 3.05) is 25.1 Å². The Labute approximate surface area is 144 Å². The first kappa shape index (κ1) is 18.0. The third kappa shape index (κ3) is 4.83. The van der Waals surface area contributed by atoms with Crippen LogP contribution in [0.4, 0.5) is 5.69 Å². The molecule has 0 bridgehead atoms. The third-order valence-corrected chi connectivity index (χ3v) is 3.95. The molecule has 0 atom stereocenters. The van der Waals surface area contributed by atoms with Crippen LogP contribution in [0.25, 0.3) is 0 Å². The van der Waals surface area contributed by atoms with Gasteiger partial charge in [0.15, 0.2) is 0 Å². The number of amides is 1. The summed E-state index contributed by atoms with van der Waals surface area (Å²) in [5.74, 6) is 1.00. The Hall–Kier alpha value is -2.33. The van der Waals surface area contributed by atoms with Gasteiger partial charge in [-0.2, -0.15) is 0 Å². The van der Waals surface area contributed by atoms with Crippen LogP contribution in [0.15, 0.2) is 48.5 Å². The molecule has 0 fully saturated rings. The molecule has 2 aromatic carbocycles. The van der Waals surface area contributed by atoms with Crippen LogP contribution in [0.1, 0.15) is 24.5 Å². The fourth-order valence-corrected chi connectivity index (χ4v) is 2.70. The van der Waals surface area contributed by atoms with E-state index in [0.29, 0.717) is 26.1 Å². The smallest absolute Gasteiger partial charge is 0.228 e. The lowest BCUT2D eigenvalue weighted by Crippen LogP contribution is -2.33. The summed E-state index contributed by atoms with van der Waals surface area (Å²) in [6.07, 6.45) is 0.469. The number of aryl methyl sites for hydroxylation is 1. The summed E-state index contributed by atoms with van der Waals surface area (Å²) in [5.41, 5.74) is 3.22. The predicted molar refractivity (Wildman–Crippen MR) is 98.5 cm³/mol. The SMILES string of the molecule is CCN(C(=O)CCNCc1ccccc1OC)c1cccc(C)c1. The molecular formula is C20H26N2O2. The van der Waals surface area contributed by atoms with Crippen molar-refractivity contribution < 1.29 is 9.53 Å². The van der Waals surface area contributed by atoms with Crippen molar-refractivity contribution in [3.63, 3.8) is 0 Å². The molecule has 0 heterocycles. The second kappa shape index (κ2) is 9.08. The van der Waals surface area contributed by atoms with Crippen molar-refractivity contribution in [3.8, 4) is 5.75 Å². The largest absolute Gasteiger partial charge is 0.496 e. The zero-order valence-electron chi connectivity index (χ0n) is 14.7. The maximum atomic E-state index is 12.5. The second-order valence-electron chi connectivity index (χ2n) is 5.72. The average molecular weight is 326 g/mol. The van der Waals surface area contributed by atoms with E-state index in [4.69, 9.17) is 4.74 Å². The molecule has 4 nitrogen and oxygen atoms in total. The maximum Gasteiger partial charge on any atom is 0.228 e. The van der Waals surface area contributed by atoms with Gasteiger partial charge in [-0.3, -0.25) is 4.79 Å². The highest BCUT2D eigenvalue weighted by Crippen LogP contribution is 2.18. The fraction of sp³-hybridized carbons (Fsp3) is 0.350.